The Balaban J connectivity index is 1.66. The number of ether oxygens (including phenoxy) is 2. The third-order valence-corrected chi connectivity index (χ3v) is 4.08. The SMILES string of the molecule is CN(CCO)c1ccc(NCc2cccc3c2OCCCO3)cc1. The molecule has 5 nitrogen and oxygen atoms in total. The van der Waals surface area contributed by atoms with Gasteiger partial charge in [0.1, 0.15) is 0 Å². The molecule has 0 aliphatic carbocycles. The van der Waals surface area contributed by atoms with Crippen molar-refractivity contribution in [1.82, 2.24) is 0 Å². The molecule has 0 atom stereocenters. The minimum absolute atomic E-state index is 0.150. The van der Waals surface area contributed by atoms with Gasteiger partial charge in [-0.3, -0.25) is 0 Å². The van der Waals surface area contributed by atoms with E-state index < -0.39 is 0 Å². The van der Waals surface area contributed by atoms with E-state index in [1.165, 1.54) is 0 Å². The number of likely N-dealkylation sites (N-methyl/N-ethyl adjacent to an activating group) is 1. The van der Waals surface area contributed by atoms with Crippen LogP contribution in [-0.4, -0.2) is 38.5 Å². The number of hydrogen-bond donors (Lipinski definition) is 2. The summed E-state index contributed by atoms with van der Waals surface area (Å²) in [5.74, 6) is 1.68. The van der Waals surface area contributed by atoms with E-state index in [4.69, 9.17) is 14.6 Å². The van der Waals surface area contributed by atoms with Gasteiger partial charge in [0.15, 0.2) is 11.5 Å². The Labute approximate surface area is 142 Å². The fourth-order valence-corrected chi connectivity index (χ4v) is 2.70. The van der Waals surface area contributed by atoms with Crippen LogP contribution in [-0.2, 0) is 6.54 Å². The molecule has 1 heterocycles. The Morgan fingerprint density at radius 3 is 2.67 bits per heavy atom. The van der Waals surface area contributed by atoms with Gasteiger partial charge in [-0.05, 0) is 30.3 Å². The summed E-state index contributed by atoms with van der Waals surface area (Å²) in [4.78, 5) is 2.02. The van der Waals surface area contributed by atoms with Gasteiger partial charge < -0.3 is 24.8 Å². The molecule has 0 fully saturated rings. The van der Waals surface area contributed by atoms with Crippen molar-refractivity contribution in [3.8, 4) is 11.5 Å². The van der Waals surface area contributed by atoms with Crippen LogP contribution in [0.3, 0.4) is 0 Å². The van der Waals surface area contributed by atoms with Gasteiger partial charge in [0.05, 0.1) is 19.8 Å². The zero-order chi connectivity index (χ0) is 16.8. The van der Waals surface area contributed by atoms with Crippen LogP contribution in [0.15, 0.2) is 42.5 Å². The first kappa shape index (κ1) is 16.5. The molecule has 1 aliphatic rings. The second-order valence-corrected chi connectivity index (χ2v) is 5.84. The Morgan fingerprint density at radius 2 is 1.88 bits per heavy atom. The molecule has 0 bridgehead atoms. The van der Waals surface area contributed by atoms with E-state index in [-0.39, 0.29) is 6.61 Å². The average Bonchev–Trinajstić information content (AvgIpc) is 2.86. The number of nitrogens with zero attached hydrogens (tertiary/aromatic N) is 1. The quantitative estimate of drug-likeness (QED) is 0.854. The highest BCUT2D eigenvalue weighted by atomic mass is 16.5. The van der Waals surface area contributed by atoms with Crippen molar-refractivity contribution >= 4 is 11.4 Å². The second kappa shape index (κ2) is 7.93. The lowest BCUT2D eigenvalue weighted by Gasteiger charge is -2.18. The molecule has 2 aromatic carbocycles. The highest BCUT2D eigenvalue weighted by Crippen LogP contribution is 2.33. The fourth-order valence-electron chi connectivity index (χ4n) is 2.70. The Morgan fingerprint density at radius 1 is 1.08 bits per heavy atom. The number of benzene rings is 2. The Hall–Kier alpha value is -2.40. The van der Waals surface area contributed by atoms with Crippen molar-refractivity contribution in [3.05, 3.63) is 48.0 Å². The molecule has 128 valence electrons. The number of aliphatic hydroxyl groups excluding tert-OH is 1. The van der Waals surface area contributed by atoms with Crippen LogP contribution in [0.4, 0.5) is 11.4 Å². The molecule has 24 heavy (non-hydrogen) atoms. The Kier molecular flexibility index (Phi) is 5.43. The second-order valence-electron chi connectivity index (χ2n) is 5.84. The molecule has 0 saturated heterocycles. The molecular formula is C19H24N2O3. The van der Waals surface area contributed by atoms with Crippen LogP contribution in [0.5, 0.6) is 11.5 Å². The van der Waals surface area contributed by atoms with Crippen LogP contribution in [0.1, 0.15) is 12.0 Å². The largest absolute Gasteiger partial charge is 0.490 e. The molecule has 0 aromatic heterocycles. The number of nitrogens with one attached hydrogen (secondary N) is 1. The van der Waals surface area contributed by atoms with Crippen molar-refractivity contribution in [2.75, 3.05) is 43.6 Å². The van der Waals surface area contributed by atoms with Gasteiger partial charge in [-0.25, -0.2) is 0 Å². The molecule has 0 radical (unpaired) electrons. The summed E-state index contributed by atoms with van der Waals surface area (Å²) in [6.45, 7) is 2.85. The van der Waals surface area contributed by atoms with E-state index >= 15 is 0 Å². The first-order valence-electron chi connectivity index (χ1n) is 8.31. The maximum Gasteiger partial charge on any atom is 0.166 e. The number of aliphatic hydroxyl groups is 1. The van der Waals surface area contributed by atoms with Gasteiger partial charge in [-0.2, -0.15) is 0 Å². The van der Waals surface area contributed by atoms with Crippen molar-refractivity contribution in [2.24, 2.45) is 0 Å². The number of anilines is 2. The van der Waals surface area contributed by atoms with Gasteiger partial charge in [0, 0.05) is 43.5 Å². The lowest BCUT2D eigenvalue weighted by atomic mass is 10.1. The van der Waals surface area contributed by atoms with Crippen molar-refractivity contribution < 1.29 is 14.6 Å². The van der Waals surface area contributed by atoms with E-state index in [1.54, 1.807) is 0 Å². The van der Waals surface area contributed by atoms with Crippen molar-refractivity contribution in [1.29, 1.82) is 0 Å². The molecule has 2 aromatic rings. The van der Waals surface area contributed by atoms with Gasteiger partial charge in [0.2, 0.25) is 0 Å². The zero-order valence-corrected chi connectivity index (χ0v) is 14.0. The van der Waals surface area contributed by atoms with Crippen LogP contribution in [0.25, 0.3) is 0 Å². The number of hydrogen-bond acceptors (Lipinski definition) is 5. The van der Waals surface area contributed by atoms with Gasteiger partial charge in [-0.15, -0.1) is 0 Å². The summed E-state index contributed by atoms with van der Waals surface area (Å²) < 4.78 is 11.6. The monoisotopic (exact) mass is 328 g/mol. The van der Waals surface area contributed by atoms with Crippen molar-refractivity contribution in [3.63, 3.8) is 0 Å². The van der Waals surface area contributed by atoms with Crippen LogP contribution in [0, 0.1) is 0 Å². The lowest BCUT2D eigenvalue weighted by molar-refractivity contribution is 0.296. The highest BCUT2D eigenvalue weighted by molar-refractivity contribution is 5.56. The molecule has 2 N–H and O–H groups in total. The number of fused-ring (bicyclic) bond motifs is 1. The molecule has 3 rings (SSSR count). The first-order valence-corrected chi connectivity index (χ1v) is 8.31. The molecular weight excluding hydrogens is 304 g/mol. The van der Waals surface area contributed by atoms with Gasteiger partial charge in [0.25, 0.3) is 0 Å². The zero-order valence-electron chi connectivity index (χ0n) is 14.0. The summed E-state index contributed by atoms with van der Waals surface area (Å²) in [6.07, 6.45) is 0.907. The minimum Gasteiger partial charge on any atom is -0.490 e. The van der Waals surface area contributed by atoms with Crippen molar-refractivity contribution in [2.45, 2.75) is 13.0 Å². The van der Waals surface area contributed by atoms with E-state index in [0.29, 0.717) is 26.3 Å². The number of rotatable bonds is 6. The number of para-hydroxylation sites is 1. The first-order chi connectivity index (χ1) is 11.8. The smallest absolute Gasteiger partial charge is 0.166 e. The van der Waals surface area contributed by atoms with E-state index in [1.807, 2.05) is 48.3 Å². The average molecular weight is 328 g/mol. The lowest BCUT2D eigenvalue weighted by Crippen LogP contribution is -2.20. The standard InChI is InChI=1S/C19H24N2O3/c1-21(10-11-22)17-8-6-16(7-9-17)20-14-15-4-2-5-18-19(15)24-13-3-12-23-18/h2,4-9,20,22H,3,10-14H2,1H3. The van der Waals surface area contributed by atoms with Crippen LogP contribution >= 0.6 is 0 Å². The maximum absolute atomic E-state index is 9.00. The topological polar surface area (TPSA) is 54.0 Å². The summed E-state index contributed by atoms with van der Waals surface area (Å²) >= 11 is 0. The highest BCUT2D eigenvalue weighted by Gasteiger charge is 2.14. The normalized spacial score (nSPS) is 13.2. The Bertz CT molecular complexity index is 658. The third kappa shape index (κ3) is 3.92. The van der Waals surface area contributed by atoms with Gasteiger partial charge >= 0.3 is 0 Å². The molecule has 0 unspecified atom stereocenters. The summed E-state index contributed by atoms with van der Waals surface area (Å²) in [5.41, 5.74) is 3.22. The summed E-state index contributed by atoms with van der Waals surface area (Å²) in [6, 6.07) is 14.2. The molecule has 0 saturated carbocycles. The third-order valence-electron chi connectivity index (χ3n) is 4.08. The van der Waals surface area contributed by atoms with Crippen LogP contribution < -0.4 is 19.7 Å². The maximum atomic E-state index is 9.00. The van der Waals surface area contributed by atoms with Crippen LogP contribution in [0.2, 0.25) is 0 Å². The van der Waals surface area contributed by atoms with E-state index in [9.17, 15) is 0 Å². The minimum atomic E-state index is 0.150. The summed E-state index contributed by atoms with van der Waals surface area (Å²) in [5, 5.41) is 12.4. The van der Waals surface area contributed by atoms with E-state index in [2.05, 4.69) is 11.4 Å². The molecule has 5 heteroatoms. The van der Waals surface area contributed by atoms with E-state index in [0.717, 1.165) is 34.9 Å². The predicted octanol–water partition coefficient (Wildman–Crippen LogP) is 2.89. The molecule has 0 spiro atoms. The predicted molar refractivity (Wildman–Crippen MR) is 96.2 cm³/mol. The fraction of sp³-hybridized carbons (Fsp3) is 0.368. The molecule has 1 aliphatic heterocycles. The summed E-state index contributed by atoms with van der Waals surface area (Å²) in [7, 11) is 1.97. The van der Waals surface area contributed by atoms with Gasteiger partial charge in [-0.1, -0.05) is 12.1 Å². The molecule has 0 amide bonds.